The lowest BCUT2D eigenvalue weighted by Gasteiger charge is -2.00. The summed E-state index contributed by atoms with van der Waals surface area (Å²) in [6.45, 7) is 0. The average Bonchev–Trinajstić information content (AvgIpc) is 2.04. The standard InChI is InChI=1S/C7H5BF2O2/c9-8(10)6-4-2-1-3-5(6)7(11)12/h1-4H,(H,11,12). The van der Waals surface area contributed by atoms with Gasteiger partial charge < -0.3 is 5.11 Å². The minimum atomic E-state index is -2.74. The van der Waals surface area contributed by atoms with Gasteiger partial charge in [-0.1, -0.05) is 18.2 Å². The Morgan fingerprint density at radius 1 is 1.33 bits per heavy atom. The molecule has 0 heterocycles. The molecule has 0 radical (unpaired) electrons. The minimum Gasteiger partial charge on any atom is -0.478 e. The molecule has 0 saturated carbocycles. The van der Waals surface area contributed by atoms with Gasteiger partial charge in [0.1, 0.15) is 0 Å². The molecule has 1 aromatic rings. The summed E-state index contributed by atoms with van der Waals surface area (Å²) in [5.74, 6) is -1.33. The van der Waals surface area contributed by atoms with Crippen molar-refractivity contribution in [2.24, 2.45) is 0 Å². The number of carboxylic acids is 1. The van der Waals surface area contributed by atoms with Crippen LogP contribution in [0, 0.1) is 0 Å². The molecule has 0 aliphatic heterocycles. The summed E-state index contributed by atoms with van der Waals surface area (Å²) in [5, 5.41) is 8.48. The van der Waals surface area contributed by atoms with E-state index in [4.69, 9.17) is 5.11 Å². The number of aromatic carboxylic acids is 1. The fourth-order valence-corrected chi connectivity index (χ4v) is 0.882. The van der Waals surface area contributed by atoms with Crippen molar-refractivity contribution in [1.82, 2.24) is 0 Å². The van der Waals surface area contributed by atoms with E-state index in [1.807, 2.05) is 0 Å². The highest BCUT2D eigenvalue weighted by Crippen LogP contribution is 1.99. The molecule has 62 valence electrons. The third-order valence-corrected chi connectivity index (χ3v) is 1.43. The predicted molar refractivity (Wildman–Crippen MR) is 41.0 cm³/mol. The molecule has 0 fully saturated rings. The van der Waals surface area contributed by atoms with Crippen LogP contribution in [0.15, 0.2) is 24.3 Å². The molecule has 0 atom stereocenters. The van der Waals surface area contributed by atoms with E-state index in [0.29, 0.717) is 0 Å². The van der Waals surface area contributed by atoms with E-state index in [1.54, 1.807) is 0 Å². The van der Waals surface area contributed by atoms with Crippen molar-refractivity contribution in [3.63, 3.8) is 0 Å². The molecule has 1 N–H and O–H groups in total. The maximum atomic E-state index is 12.1. The number of halogens is 2. The molecule has 12 heavy (non-hydrogen) atoms. The molecule has 0 saturated heterocycles. The van der Waals surface area contributed by atoms with Gasteiger partial charge in [-0.2, -0.15) is 0 Å². The monoisotopic (exact) mass is 170 g/mol. The highest BCUT2D eigenvalue weighted by atomic mass is 19.2. The first-order valence-electron chi connectivity index (χ1n) is 3.23. The lowest BCUT2D eigenvalue weighted by Crippen LogP contribution is -2.27. The van der Waals surface area contributed by atoms with Crippen molar-refractivity contribution in [3.8, 4) is 0 Å². The van der Waals surface area contributed by atoms with Crippen molar-refractivity contribution >= 4 is 18.7 Å². The van der Waals surface area contributed by atoms with Crippen LogP contribution in [0.3, 0.4) is 0 Å². The minimum absolute atomic E-state index is 0.340. The Morgan fingerprint density at radius 3 is 2.33 bits per heavy atom. The molecular formula is C7H5BF2O2. The van der Waals surface area contributed by atoms with Gasteiger partial charge in [0.15, 0.2) is 0 Å². The summed E-state index contributed by atoms with van der Waals surface area (Å²) in [5.41, 5.74) is -0.780. The quantitative estimate of drug-likeness (QED) is 0.672. The van der Waals surface area contributed by atoms with Crippen LogP contribution in [-0.4, -0.2) is 18.3 Å². The lowest BCUT2D eigenvalue weighted by atomic mass is 9.82. The molecular weight excluding hydrogens is 165 g/mol. The van der Waals surface area contributed by atoms with Crippen molar-refractivity contribution < 1.29 is 18.5 Å². The van der Waals surface area contributed by atoms with Crippen LogP contribution in [0.1, 0.15) is 10.4 Å². The van der Waals surface area contributed by atoms with Crippen molar-refractivity contribution in [2.45, 2.75) is 0 Å². The molecule has 0 amide bonds. The number of benzene rings is 1. The summed E-state index contributed by atoms with van der Waals surface area (Å²) in [6, 6.07) is 5.06. The van der Waals surface area contributed by atoms with Crippen LogP contribution >= 0.6 is 0 Å². The molecule has 1 rings (SSSR count). The Hall–Kier alpha value is -1.39. The first-order chi connectivity index (χ1) is 5.63. The number of carbonyl (C=O) groups is 1. The van der Waals surface area contributed by atoms with Crippen molar-refractivity contribution in [3.05, 3.63) is 29.8 Å². The van der Waals surface area contributed by atoms with Gasteiger partial charge in [-0.25, -0.2) is 4.79 Å². The topological polar surface area (TPSA) is 37.3 Å². The van der Waals surface area contributed by atoms with Gasteiger partial charge in [0.05, 0.1) is 5.56 Å². The fraction of sp³-hybridized carbons (Fsp3) is 0. The second-order valence-electron chi connectivity index (χ2n) is 2.19. The van der Waals surface area contributed by atoms with E-state index in [9.17, 15) is 13.4 Å². The SMILES string of the molecule is O=C(O)c1ccccc1B(F)F. The highest BCUT2D eigenvalue weighted by molar-refractivity contribution is 6.61. The molecule has 0 unspecified atom stereocenters. The van der Waals surface area contributed by atoms with Crippen LogP contribution in [0.5, 0.6) is 0 Å². The van der Waals surface area contributed by atoms with Gasteiger partial charge in [0.2, 0.25) is 0 Å². The number of rotatable bonds is 2. The van der Waals surface area contributed by atoms with Gasteiger partial charge in [0, 0.05) is 5.46 Å². The molecule has 0 aromatic heterocycles. The van der Waals surface area contributed by atoms with E-state index in [2.05, 4.69) is 0 Å². The van der Waals surface area contributed by atoms with E-state index in [-0.39, 0.29) is 5.56 Å². The molecule has 1 aromatic carbocycles. The first kappa shape index (κ1) is 8.71. The summed E-state index contributed by atoms with van der Waals surface area (Å²) in [4.78, 5) is 10.4. The maximum Gasteiger partial charge on any atom is 0.572 e. The molecule has 0 aliphatic rings. The van der Waals surface area contributed by atoms with E-state index < -0.39 is 18.7 Å². The van der Waals surface area contributed by atoms with Crippen LogP contribution in [0.4, 0.5) is 8.63 Å². The molecule has 0 bridgehead atoms. The second kappa shape index (κ2) is 3.34. The van der Waals surface area contributed by atoms with Gasteiger partial charge >= 0.3 is 13.2 Å². The average molecular weight is 170 g/mol. The summed E-state index contributed by atoms with van der Waals surface area (Å²) in [6.07, 6.45) is 0. The van der Waals surface area contributed by atoms with E-state index in [1.165, 1.54) is 12.1 Å². The highest BCUT2D eigenvalue weighted by Gasteiger charge is 2.22. The Kier molecular flexibility index (Phi) is 2.42. The Morgan fingerprint density at radius 2 is 1.92 bits per heavy atom. The van der Waals surface area contributed by atoms with Gasteiger partial charge in [0.25, 0.3) is 0 Å². The van der Waals surface area contributed by atoms with Gasteiger partial charge in [-0.05, 0) is 6.07 Å². The zero-order valence-electron chi connectivity index (χ0n) is 6.00. The molecule has 0 aliphatic carbocycles. The third-order valence-electron chi connectivity index (χ3n) is 1.43. The van der Waals surface area contributed by atoms with Gasteiger partial charge in [-0.3, -0.25) is 8.63 Å². The number of hydrogen-bond acceptors (Lipinski definition) is 1. The maximum absolute atomic E-state index is 12.1. The first-order valence-corrected chi connectivity index (χ1v) is 3.23. The van der Waals surface area contributed by atoms with E-state index in [0.717, 1.165) is 12.1 Å². The second-order valence-corrected chi connectivity index (χ2v) is 2.19. The fourth-order valence-electron chi connectivity index (χ4n) is 0.882. The molecule has 5 heteroatoms. The molecule has 2 nitrogen and oxygen atoms in total. The molecule has 0 spiro atoms. The Labute approximate surface area is 68.0 Å². The smallest absolute Gasteiger partial charge is 0.478 e. The van der Waals surface area contributed by atoms with Crippen LogP contribution in [0.2, 0.25) is 0 Å². The number of carboxylic acid groups (broad SMARTS) is 1. The summed E-state index contributed by atoms with van der Waals surface area (Å²) >= 11 is 0. The third kappa shape index (κ3) is 1.61. The van der Waals surface area contributed by atoms with Crippen LogP contribution in [-0.2, 0) is 0 Å². The zero-order chi connectivity index (χ0) is 9.14. The van der Waals surface area contributed by atoms with Crippen molar-refractivity contribution in [2.75, 3.05) is 0 Å². The largest absolute Gasteiger partial charge is 0.572 e. The predicted octanol–water partition coefficient (Wildman–Crippen LogP) is 1.02. The van der Waals surface area contributed by atoms with Crippen LogP contribution in [0.25, 0.3) is 0 Å². The lowest BCUT2D eigenvalue weighted by molar-refractivity contribution is 0.0698. The Bertz CT molecular complexity index is 301. The zero-order valence-corrected chi connectivity index (χ0v) is 6.00. The summed E-state index contributed by atoms with van der Waals surface area (Å²) < 4.78 is 24.2. The number of hydrogen-bond donors (Lipinski definition) is 1. The normalized spacial score (nSPS) is 9.50. The summed E-state index contributed by atoms with van der Waals surface area (Å²) in [7, 11) is -2.74. The Balaban J connectivity index is 3.17. The van der Waals surface area contributed by atoms with Crippen molar-refractivity contribution in [1.29, 1.82) is 0 Å². The van der Waals surface area contributed by atoms with Crippen LogP contribution < -0.4 is 5.46 Å². The van der Waals surface area contributed by atoms with E-state index >= 15 is 0 Å². The van der Waals surface area contributed by atoms with Gasteiger partial charge in [-0.15, -0.1) is 0 Å².